The molecule has 0 aromatic heterocycles. The molecule has 4 heteroatoms. The average Bonchev–Trinajstić information content (AvgIpc) is 2.35. The van der Waals surface area contributed by atoms with Crippen LogP contribution in [0, 0.1) is 0 Å². The molecule has 0 heterocycles. The molecule has 0 aliphatic carbocycles. The zero-order valence-corrected chi connectivity index (χ0v) is 13.1. The summed E-state index contributed by atoms with van der Waals surface area (Å²) in [6.45, 7) is 7.55. The minimum atomic E-state index is -0.642. The maximum atomic E-state index is 11.8. The van der Waals surface area contributed by atoms with Crippen molar-refractivity contribution in [2.75, 3.05) is 0 Å². The van der Waals surface area contributed by atoms with Crippen LogP contribution in [0.15, 0.2) is 42.0 Å². The van der Waals surface area contributed by atoms with E-state index in [4.69, 9.17) is 4.74 Å². The van der Waals surface area contributed by atoms with Gasteiger partial charge in [0.1, 0.15) is 6.61 Å². The van der Waals surface area contributed by atoms with Crippen molar-refractivity contribution in [2.45, 2.75) is 46.3 Å². The lowest BCUT2D eigenvalue weighted by Crippen LogP contribution is -2.45. The molecule has 0 saturated carbocycles. The molecular formula is C17H23NO3. The Labute approximate surface area is 126 Å². The van der Waals surface area contributed by atoms with Gasteiger partial charge in [-0.05, 0) is 39.3 Å². The zero-order chi connectivity index (χ0) is 15.9. The summed E-state index contributed by atoms with van der Waals surface area (Å²) in [5, 5.41) is 2.72. The summed E-state index contributed by atoms with van der Waals surface area (Å²) in [5.41, 5.74) is 1.23. The molecule has 0 bridgehead atoms. The van der Waals surface area contributed by atoms with Crippen molar-refractivity contribution in [3.63, 3.8) is 0 Å². The third kappa shape index (κ3) is 7.30. The summed E-state index contributed by atoms with van der Waals surface area (Å²) in [6.07, 6.45) is 1.30. The van der Waals surface area contributed by atoms with Gasteiger partial charge in [0, 0.05) is 12.0 Å². The summed E-state index contributed by atoms with van der Waals surface area (Å²) in [5.74, 6) is -0.0108. The van der Waals surface area contributed by atoms with Crippen LogP contribution in [-0.2, 0) is 16.1 Å². The molecule has 0 radical (unpaired) electrons. The number of ketones is 1. The van der Waals surface area contributed by atoms with Crippen molar-refractivity contribution in [3.8, 4) is 0 Å². The molecule has 1 aromatic carbocycles. The molecule has 0 unspecified atom stereocenters. The zero-order valence-electron chi connectivity index (χ0n) is 13.1. The van der Waals surface area contributed by atoms with Gasteiger partial charge in [-0.2, -0.15) is 0 Å². The van der Waals surface area contributed by atoms with Gasteiger partial charge in [0.2, 0.25) is 0 Å². The van der Waals surface area contributed by atoms with Crippen molar-refractivity contribution >= 4 is 11.9 Å². The Bertz CT molecular complexity index is 514. The smallest absolute Gasteiger partial charge is 0.407 e. The largest absolute Gasteiger partial charge is 0.445 e. The van der Waals surface area contributed by atoms with E-state index in [9.17, 15) is 9.59 Å². The van der Waals surface area contributed by atoms with Crippen molar-refractivity contribution in [1.82, 2.24) is 5.32 Å². The first-order valence-corrected chi connectivity index (χ1v) is 6.95. The summed E-state index contributed by atoms with van der Waals surface area (Å²) in [7, 11) is 0. The number of ether oxygens (including phenoxy) is 1. The number of carbonyl (C=O) groups excluding carboxylic acids is 2. The highest BCUT2D eigenvalue weighted by atomic mass is 16.5. The Morgan fingerprint density at radius 3 is 2.38 bits per heavy atom. The second-order valence-electron chi connectivity index (χ2n) is 5.94. The van der Waals surface area contributed by atoms with Gasteiger partial charge in [0.15, 0.2) is 5.78 Å². The van der Waals surface area contributed by atoms with Gasteiger partial charge < -0.3 is 10.1 Å². The van der Waals surface area contributed by atoms with Crippen molar-refractivity contribution < 1.29 is 14.3 Å². The molecule has 1 rings (SSSR count). The Hall–Kier alpha value is -2.10. The molecule has 114 valence electrons. The Balaban J connectivity index is 2.45. The summed E-state index contributed by atoms with van der Waals surface area (Å²) < 4.78 is 5.15. The van der Waals surface area contributed by atoms with E-state index in [1.165, 1.54) is 0 Å². The predicted octanol–water partition coefficient (Wildman–Crippen LogP) is 3.62. The third-order valence-electron chi connectivity index (χ3n) is 2.72. The second kappa shape index (κ2) is 7.62. The highest BCUT2D eigenvalue weighted by Gasteiger charge is 2.23. The monoisotopic (exact) mass is 289 g/mol. The van der Waals surface area contributed by atoms with Crippen molar-refractivity contribution in [3.05, 3.63) is 47.5 Å². The van der Waals surface area contributed by atoms with Crippen LogP contribution < -0.4 is 5.32 Å². The normalized spacial score (nSPS) is 10.7. The molecule has 21 heavy (non-hydrogen) atoms. The molecule has 4 nitrogen and oxygen atoms in total. The average molecular weight is 289 g/mol. The molecule has 0 aliphatic rings. The van der Waals surface area contributed by atoms with E-state index < -0.39 is 11.6 Å². The highest BCUT2D eigenvalue weighted by Crippen LogP contribution is 2.11. The lowest BCUT2D eigenvalue weighted by Gasteiger charge is -2.24. The van der Waals surface area contributed by atoms with E-state index in [0.717, 1.165) is 11.1 Å². The van der Waals surface area contributed by atoms with Gasteiger partial charge in [0.05, 0.1) is 0 Å². The van der Waals surface area contributed by atoms with Gasteiger partial charge in [-0.1, -0.05) is 35.9 Å². The summed E-state index contributed by atoms with van der Waals surface area (Å²) >= 11 is 0. The van der Waals surface area contributed by atoms with Gasteiger partial charge in [-0.15, -0.1) is 0 Å². The first-order valence-electron chi connectivity index (χ1n) is 6.95. The maximum Gasteiger partial charge on any atom is 0.407 e. The second-order valence-corrected chi connectivity index (χ2v) is 5.94. The number of alkyl carbamates (subject to hydrolysis) is 1. The summed E-state index contributed by atoms with van der Waals surface area (Å²) in [4.78, 5) is 23.5. The molecule has 1 aromatic rings. The molecule has 1 amide bonds. The molecule has 0 spiro atoms. The molecule has 0 aliphatic heterocycles. The molecular weight excluding hydrogens is 266 g/mol. The van der Waals surface area contributed by atoms with E-state index in [1.807, 2.05) is 44.2 Å². The topological polar surface area (TPSA) is 55.4 Å². The SMILES string of the molecule is CC(C)=CC(=O)CC(C)(C)NC(=O)OCc1ccccc1. The van der Waals surface area contributed by atoms with Crippen LogP contribution in [0.3, 0.4) is 0 Å². The van der Waals surface area contributed by atoms with E-state index in [2.05, 4.69) is 5.32 Å². The highest BCUT2D eigenvalue weighted by molar-refractivity contribution is 5.91. The van der Waals surface area contributed by atoms with Crippen LogP contribution in [0.4, 0.5) is 4.79 Å². The van der Waals surface area contributed by atoms with E-state index in [0.29, 0.717) is 0 Å². The number of nitrogens with one attached hydrogen (secondary N) is 1. The Morgan fingerprint density at radius 2 is 1.81 bits per heavy atom. The van der Waals surface area contributed by atoms with E-state index in [-0.39, 0.29) is 18.8 Å². The fraction of sp³-hybridized carbons (Fsp3) is 0.412. The van der Waals surface area contributed by atoms with Gasteiger partial charge in [-0.3, -0.25) is 4.79 Å². The minimum absolute atomic E-state index is 0.0108. The van der Waals surface area contributed by atoms with E-state index >= 15 is 0 Å². The van der Waals surface area contributed by atoms with Crippen LogP contribution in [0.2, 0.25) is 0 Å². The fourth-order valence-electron chi connectivity index (χ4n) is 1.89. The van der Waals surface area contributed by atoms with Gasteiger partial charge >= 0.3 is 6.09 Å². The first-order chi connectivity index (χ1) is 9.78. The number of amides is 1. The first kappa shape index (κ1) is 17.0. The third-order valence-corrected chi connectivity index (χ3v) is 2.72. The van der Waals surface area contributed by atoms with Crippen LogP contribution >= 0.6 is 0 Å². The standard InChI is InChI=1S/C17H23NO3/c1-13(2)10-15(19)11-17(3,4)18-16(20)21-12-14-8-6-5-7-9-14/h5-10H,11-12H2,1-4H3,(H,18,20). The number of allylic oxidation sites excluding steroid dienone is 2. The molecule has 0 fully saturated rings. The maximum absolute atomic E-state index is 11.8. The van der Waals surface area contributed by atoms with Crippen LogP contribution in [0.25, 0.3) is 0 Å². The fourth-order valence-corrected chi connectivity index (χ4v) is 1.89. The summed E-state index contributed by atoms with van der Waals surface area (Å²) in [6, 6.07) is 9.45. The molecule has 0 saturated heterocycles. The minimum Gasteiger partial charge on any atom is -0.445 e. The van der Waals surface area contributed by atoms with Gasteiger partial charge in [-0.25, -0.2) is 4.79 Å². The lowest BCUT2D eigenvalue weighted by molar-refractivity contribution is -0.115. The Morgan fingerprint density at radius 1 is 1.19 bits per heavy atom. The molecule has 1 N–H and O–H groups in total. The number of hydrogen-bond donors (Lipinski definition) is 1. The predicted molar refractivity (Wildman–Crippen MR) is 82.9 cm³/mol. The lowest BCUT2D eigenvalue weighted by atomic mass is 9.97. The van der Waals surface area contributed by atoms with Crippen LogP contribution in [0.5, 0.6) is 0 Å². The van der Waals surface area contributed by atoms with E-state index in [1.54, 1.807) is 19.9 Å². The number of benzene rings is 1. The molecule has 0 atom stereocenters. The quantitative estimate of drug-likeness (QED) is 0.814. The van der Waals surface area contributed by atoms with Gasteiger partial charge in [0.25, 0.3) is 0 Å². The van der Waals surface area contributed by atoms with Crippen molar-refractivity contribution in [1.29, 1.82) is 0 Å². The number of carbonyl (C=O) groups is 2. The number of hydrogen-bond acceptors (Lipinski definition) is 3. The van der Waals surface area contributed by atoms with Crippen molar-refractivity contribution in [2.24, 2.45) is 0 Å². The Kier molecular flexibility index (Phi) is 6.15. The number of rotatable bonds is 6. The van der Waals surface area contributed by atoms with Crippen LogP contribution in [-0.4, -0.2) is 17.4 Å². The van der Waals surface area contributed by atoms with Crippen LogP contribution in [0.1, 0.15) is 39.7 Å².